The van der Waals surface area contributed by atoms with Gasteiger partial charge in [-0.25, -0.2) is 0 Å². The molecule has 2 rings (SSSR count). The zero-order chi connectivity index (χ0) is 19.8. The average molecular weight is 498 g/mol. The summed E-state index contributed by atoms with van der Waals surface area (Å²) in [6.07, 6.45) is 0.147. The zero-order valence-electron chi connectivity index (χ0n) is 17.2. The van der Waals surface area contributed by atoms with Crippen LogP contribution >= 0.6 is 24.0 Å². The Morgan fingerprint density at radius 3 is 2.32 bits per heavy atom. The van der Waals surface area contributed by atoms with Crippen LogP contribution in [-0.2, 0) is 0 Å². The SMILES string of the molecule is COc1ccccc1C(CN=C(N)Nc1ccc(OC(C)C)cc1)N(C)C.I. The summed E-state index contributed by atoms with van der Waals surface area (Å²) in [6, 6.07) is 15.7. The molecule has 0 bridgehead atoms. The Morgan fingerprint density at radius 1 is 1.11 bits per heavy atom. The van der Waals surface area contributed by atoms with Crippen molar-refractivity contribution in [2.75, 3.05) is 33.1 Å². The molecular formula is C21H31IN4O2. The Bertz CT molecular complexity index is 748. The molecule has 0 aliphatic heterocycles. The van der Waals surface area contributed by atoms with E-state index in [4.69, 9.17) is 15.2 Å². The molecule has 0 saturated heterocycles. The number of likely N-dealkylation sites (N-methyl/N-ethyl adjacent to an activating group) is 1. The van der Waals surface area contributed by atoms with Gasteiger partial charge in [-0.1, -0.05) is 18.2 Å². The van der Waals surface area contributed by atoms with Gasteiger partial charge < -0.3 is 25.4 Å². The highest BCUT2D eigenvalue weighted by molar-refractivity contribution is 14.0. The molecule has 7 heteroatoms. The number of nitrogens with two attached hydrogens (primary N) is 1. The first-order chi connectivity index (χ1) is 12.9. The first kappa shape index (κ1) is 24.0. The summed E-state index contributed by atoms with van der Waals surface area (Å²) in [6.45, 7) is 4.51. The molecule has 1 unspecified atom stereocenters. The third-order valence-corrected chi connectivity index (χ3v) is 4.05. The molecule has 0 aromatic heterocycles. The van der Waals surface area contributed by atoms with Crippen LogP contribution < -0.4 is 20.5 Å². The maximum absolute atomic E-state index is 6.08. The molecule has 0 heterocycles. The zero-order valence-corrected chi connectivity index (χ0v) is 19.5. The van der Waals surface area contributed by atoms with E-state index in [1.54, 1.807) is 7.11 Å². The van der Waals surface area contributed by atoms with Crippen LogP contribution in [0.5, 0.6) is 11.5 Å². The summed E-state index contributed by atoms with van der Waals surface area (Å²) in [5, 5.41) is 3.12. The fourth-order valence-electron chi connectivity index (χ4n) is 2.74. The lowest BCUT2D eigenvalue weighted by Gasteiger charge is -2.25. The van der Waals surface area contributed by atoms with Crippen LogP contribution in [0.15, 0.2) is 53.5 Å². The molecule has 0 saturated carbocycles. The number of guanidine groups is 1. The Balaban J connectivity index is 0.00000392. The van der Waals surface area contributed by atoms with Crippen LogP contribution in [0.4, 0.5) is 5.69 Å². The maximum atomic E-state index is 6.08. The van der Waals surface area contributed by atoms with E-state index in [9.17, 15) is 0 Å². The van der Waals surface area contributed by atoms with E-state index in [2.05, 4.69) is 21.3 Å². The summed E-state index contributed by atoms with van der Waals surface area (Å²) >= 11 is 0. The van der Waals surface area contributed by atoms with Crippen molar-refractivity contribution in [3.63, 3.8) is 0 Å². The smallest absolute Gasteiger partial charge is 0.193 e. The van der Waals surface area contributed by atoms with Gasteiger partial charge in [0.1, 0.15) is 11.5 Å². The molecule has 2 aromatic rings. The predicted octanol–water partition coefficient (Wildman–Crippen LogP) is 4.13. The minimum atomic E-state index is 0. The maximum Gasteiger partial charge on any atom is 0.193 e. The molecule has 0 amide bonds. The highest BCUT2D eigenvalue weighted by atomic mass is 127. The van der Waals surface area contributed by atoms with E-state index in [0.717, 1.165) is 22.7 Å². The minimum absolute atomic E-state index is 0. The summed E-state index contributed by atoms with van der Waals surface area (Å²) < 4.78 is 11.1. The van der Waals surface area contributed by atoms with E-state index in [0.29, 0.717) is 12.5 Å². The molecule has 0 spiro atoms. The van der Waals surface area contributed by atoms with Crippen LogP contribution in [0, 0.1) is 0 Å². The van der Waals surface area contributed by atoms with Crippen molar-refractivity contribution in [3.8, 4) is 11.5 Å². The number of anilines is 1. The van der Waals surface area contributed by atoms with Crippen LogP contribution in [0.25, 0.3) is 0 Å². The number of para-hydroxylation sites is 1. The van der Waals surface area contributed by atoms with Gasteiger partial charge in [-0.05, 0) is 58.3 Å². The van der Waals surface area contributed by atoms with Crippen molar-refractivity contribution in [1.82, 2.24) is 4.90 Å². The number of hydrogen-bond donors (Lipinski definition) is 2. The summed E-state index contributed by atoms with van der Waals surface area (Å²) in [7, 11) is 5.71. The molecule has 6 nitrogen and oxygen atoms in total. The van der Waals surface area contributed by atoms with Gasteiger partial charge in [0, 0.05) is 11.3 Å². The van der Waals surface area contributed by atoms with Gasteiger partial charge >= 0.3 is 0 Å². The molecule has 0 aliphatic carbocycles. The summed E-state index contributed by atoms with van der Waals surface area (Å²) in [5.41, 5.74) is 8.03. The molecule has 154 valence electrons. The fourth-order valence-corrected chi connectivity index (χ4v) is 2.74. The first-order valence-corrected chi connectivity index (χ1v) is 9.03. The van der Waals surface area contributed by atoms with Crippen molar-refractivity contribution in [2.45, 2.75) is 26.0 Å². The number of hydrogen-bond acceptors (Lipinski definition) is 4. The van der Waals surface area contributed by atoms with Gasteiger partial charge in [-0.2, -0.15) is 0 Å². The molecule has 0 aliphatic rings. The number of aliphatic imine (C=N–C) groups is 1. The Morgan fingerprint density at radius 2 is 1.75 bits per heavy atom. The molecule has 28 heavy (non-hydrogen) atoms. The number of benzene rings is 2. The van der Waals surface area contributed by atoms with Crippen LogP contribution in [0.3, 0.4) is 0 Å². The summed E-state index contributed by atoms with van der Waals surface area (Å²) in [5.74, 6) is 2.04. The average Bonchev–Trinajstić information content (AvgIpc) is 2.63. The van der Waals surface area contributed by atoms with Crippen LogP contribution in [-0.4, -0.2) is 44.7 Å². The standard InChI is InChI=1S/C21H30N4O2.HI/c1-15(2)27-17-12-10-16(11-13-17)24-21(22)23-14-19(25(3)4)18-8-6-7-9-20(18)26-5;/h6-13,15,19H,14H2,1-5H3,(H3,22,23,24);1H. The Labute approximate surface area is 185 Å². The monoisotopic (exact) mass is 498 g/mol. The van der Waals surface area contributed by atoms with Gasteiger partial charge in [0.15, 0.2) is 5.96 Å². The van der Waals surface area contributed by atoms with E-state index in [1.165, 1.54) is 0 Å². The van der Waals surface area contributed by atoms with Gasteiger partial charge in [-0.15, -0.1) is 24.0 Å². The number of methoxy groups -OCH3 is 1. The number of nitrogens with one attached hydrogen (secondary N) is 1. The lowest BCUT2D eigenvalue weighted by molar-refractivity contribution is 0.242. The number of nitrogens with zero attached hydrogens (tertiary/aromatic N) is 2. The molecule has 0 fully saturated rings. The van der Waals surface area contributed by atoms with E-state index in [-0.39, 0.29) is 36.1 Å². The molecular weight excluding hydrogens is 467 g/mol. The van der Waals surface area contributed by atoms with Gasteiger partial charge in [-0.3, -0.25) is 4.99 Å². The Kier molecular flexibility index (Phi) is 10.1. The van der Waals surface area contributed by atoms with Crippen molar-refractivity contribution >= 4 is 35.6 Å². The highest BCUT2D eigenvalue weighted by Crippen LogP contribution is 2.28. The highest BCUT2D eigenvalue weighted by Gasteiger charge is 2.17. The Hall–Kier alpha value is -2.00. The predicted molar refractivity (Wildman–Crippen MR) is 127 cm³/mol. The van der Waals surface area contributed by atoms with Crippen LogP contribution in [0.1, 0.15) is 25.5 Å². The van der Waals surface area contributed by atoms with Gasteiger partial charge in [0.2, 0.25) is 0 Å². The van der Waals surface area contributed by atoms with Crippen molar-refractivity contribution in [3.05, 3.63) is 54.1 Å². The van der Waals surface area contributed by atoms with Crippen molar-refractivity contribution < 1.29 is 9.47 Å². The lowest BCUT2D eigenvalue weighted by atomic mass is 10.0. The van der Waals surface area contributed by atoms with Gasteiger partial charge in [0.25, 0.3) is 0 Å². The molecule has 2 aromatic carbocycles. The normalized spacial score (nSPS) is 12.5. The number of rotatable bonds is 8. The van der Waals surface area contributed by atoms with E-state index < -0.39 is 0 Å². The van der Waals surface area contributed by atoms with E-state index in [1.807, 2.05) is 70.4 Å². The van der Waals surface area contributed by atoms with E-state index >= 15 is 0 Å². The minimum Gasteiger partial charge on any atom is -0.496 e. The van der Waals surface area contributed by atoms with Crippen molar-refractivity contribution in [1.29, 1.82) is 0 Å². The number of halogens is 1. The second kappa shape index (κ2) is 11.8. The molecule has 3 N–H and O–H groups in total. The molecule has 1 atom stereocenters. The second-order valence-corrected chi connectivity index (χ2v) is 6.76. The largest absolute Gasteiger partial charge is 0.496 e. The number of ether oxygens (including phenoxy) is 2. The quantitative estimate of drug-likeness (QED) is 0.326. The second-order valence-electron chi connectivity index (χ2n) is 6.76. The topological polar surface area (TPSA) is 72.1 Å². The lowest BCUT2D eigenvalue weighted by Crippen LogP contribution is -2.27. The van der Waals surface area contributed by atoms with Gasteiger partial charge in [0.05, 0.1) is 25.8 Å². The fraction of sp³-hybridized carbons (Fsp3) is 0.381. The third-order valence-electron chi connectivity index (χ3n) is 4.05. The van der Waals surface area contributed by atoms with Crippen molar-refractivity contribution in [2.24, 2.45) is 10.7 Å². The molecule has 0 radical (unpaired) electrons. The third kappa shape index (κ3) is 7.20. The van der Waals surface area contributed by atoms with Crippen LogP contribution in [0.2, 0.25) is 0 Å². The first-order valence-electron chi connectivity index (χ1n) is 9.03. The summed E-state index contributed by atoms with van der Waals surface area (Å²) in [4.78, 5) is 6.62.